The van der Waals surface area contributed by atoms with Gasteiger partial charge in [0.2, 0.25) is 5.88 Å². The molecule has 0 aliphatic heterocycles. The van der Waals surface area contributed by atoms with Gasteiger partial charge < -0.3 is 4.74 Å². The topological polar surface area (TPSA) is 52.1 Å². The minimum Gasteiger partial charge on any atom is -0.438 e. The summed E-state index contributed by atoms with van der Waals surface area (Å²) < 4.78 is 5.86. The zero-order chi connectivity index (χ0) is 15.0. The molecule has 0 atom stereocenters. The van der Waals surface area contributed by atoms with Gasteiger partial charge in [0.25, 0.3) is 0 Å². The Morgan fingerprint density at radius 1 is 1.14 bits per heavy atom. The molecular weight excluding hydrogens is 284 g/mol. The number of hydrogen-bond donors (Lipinski definition) is 0. The van der Waals surface area contributed by atoms with Gasteiger partial charge in [0, 0.05) is 10.4 Å². The Kier molecular flexibility index (Phi) is 3.43. The zero-order valence-electron chi connectivity index (χ0n) is 12.0. The van der Waals surface area contributed by atoms with Crippen LogP contribution in [0.15, 0.2) is 30.6 Å². The SMILES string of the molecule is CC(=O)c1ccc(Oc2ncnc3sc(C)c(C)c23)cc1. The molecule has 0 spiro atoms. The largest absolute Gasteiger partial charge is 0.438 e. The first-order chi connectivity index (χ1) is 10.1. The second-order valence-electron chi connectivity index (χ2n) is 4.82. The van der Waals surface area contributed by atoms with Crippen molar-refractivity contribution >= 4 is 27.3 Å². The lowest BCUT2D eigenvalue weighted by Gasteiger charge is -2.06. The Balaban J connectivity index is 2.00. The molecule has 2 heterocycles. The number of hydrogen-bond acceptors (Lipinski definition) is 5. The molecule has 0 N–H and O–H groups in total. The predicted molar refractivity (Wildman–Crippen MR) is 83.4 cm³/mol. The van der Waals surface area contributed by atoms with E-state index < -0.39 is 0 Å². The summed E-state index contributed by atoms with van der Waals surface area (Å²) in [5, 5.41) is 0.954. The van der Waals surface area contributed by atoms with Crippen LogP contribution < -0.4 is 4.74 Å². The second kappa shape index (κ2) is 5.26. The Hall–Kier alpha value is -2.27. The number of benzene rings is 1. The van der Waals surface area contributed by atoms with Crippen molar-refractivity contribution < 1.29 is 9.53 Å². The van der Waals surface area contributed by atoms with Crippen LogP contribution in [0.4, 0.5) is 0 Å². The molecule has 0 saturated carbocycles. The van der Waals surface area contributed by atoms with Gasteiger partial charge in [0.15, 0.2) is 5.78 Å². The standard InChI is InChI=1S/C16H14N2O2S/c1-9-11(3)21-16-14(9)15(17-8-18-16)20-13-6-4-12(5-7-13)10(2)19/h4-8H,1-3H3. The van der Waals surface area contributed by atoms with Crippen molar-refractivity contribution in [1.82, 2.24) is 9.97 Å². The molecule has 1 aromatic carbocycles. The van der Waals surface area contributed by atoms with Crippen LogP contribution in [0.25, 0.3) is 10.2 Å². The maximum Gasteiger partial charge on any atom is 0.231 e. The van der Waals surface area contributed by atoms with Crippen molar-refractivity contribution in [2.45, 2.75) is 20.8 Å². The lowest BCUT2D eigenvalue weighted by atomic mass is 10.1. The summed E-state index contributed by atoms with van der Waals surface area (Å²) in [5.74, 6) is 1.25. The maximum atomic E-state index is 11.3. The summed E-state index contributed by atoms with van der Waals surface area (Å²) in [4.78, 5) is 21.9. The highest BCUT2D eigenvalue weighted by molar-refractivity contribution is 7.18. The summed E-state index contributed by atoms with van der Waals surface area (Å²) in [7, 11) is 0. The van der Waals surface area contributed by atoms with Gasteiger partial charge in [-0.05, 0) is 50.6 Å². The van der Waals surface area contributed by atoms with Crippen LogP contribution >= 0.6 is 11.3 Å². The molecule has 0 fully saturated rings. The first-order valence-corrected chi connectivity index (χ1v) is 7.37. The molecular formula is C16H14N2O2S. The van der Waals surface area contributed by atoms with Crippen molar-refractivity contribution in [3.63, 3.8) is 0 Å². The number of aryl methyl sites for hydroxylation is 2. The second-order valence-corrected chi connectivity index (χ2v) is 6.03. The maximum absolute atomic E-state index is 11.3. The first-order valence-electron chi connectivity index (χ1n) is 6.56. The monoisotopic (exact) mass is 298 g/mol. The number of rotatable bonds is 3. The third kappa shape index (κ3) is 2.52. The quantitative estimate of drug-likeness (QED) is 0.676. The highest BCUT2D eigenvalue weighted by atomic mass is 32.1. The third-order valence-corrected chi connectivity index (χ3v) is 4.52. The normalized spacial score (nSPS) is 10.8. The van der Waals surface area contributed by atoms with E-state index in [1.165, 1.54) is 11.2 Å². The number of Topliss-reactive ketones (excluding diaryl/α,β-unsaturated/α-hetero) is 1. The van der Waals surface area contributed by atoms with Crippen LogP contribution in [0.2, 0.25) is 0 Å². The van der Waals surface area contributed by atoms with Gasteiger partial charge in [-0.3, -0.25) is 4.79 Å². The van der Waals surface area contributed by atoms with E-state index in [1.54, 1.807) is 42.5 Å². The molecule has 0 radical (unpaired) electrons. The summed E-state index contributed by atoms with van der Waals surface area (Å²) >= 11 is 1.63. The van der Waals surface area contributed by atoms with Crippen molar-refractivity contribution in [3.05, 3.63) is 46.6 Å². The minimum atomic E-state index is 0.0373. The molecule has 2 aromatic heterocycles. The Morgan fingerprint density at radius 3 is 2.52 bits per heavy atom. The van der Waals surface area contributed by atoms with Crippen molar-refractivity contribution in [2.24, 2.45) is 0 Å². The van der Waals surface area contributed by atoms with Crippen molar-refractivity contribution in [2.75, 3.05) is 0 Å². The molecule has 0 bridgehead atoms. The van der Waals surface area contributed by atoms with Gasteiger partial charge >= 0.3 is 0 Å². The molecule has 3 aromatic rings. The van der Waals surface area contributed by atoms with Crippen LogP contribution in [0.5, 0.6) is 11.6 Å². The fourth-order valence-electron chi connectivity index (χ4n) is 2.10. The van der Waals surface area contributed by atoms with Crippen LogP contribution in [-0.4, -0.2) is 15.8 Å². The molecule has 3 rings (SSSR count). The molecule has 0 saturated heterocycles. The Morgan fingerprint density at radius 2 is 1.86 bits per heavy atom. The van der Waals surface area contributed by atoms with Gasteiger partial charge in [0.05, 0.1) is 5.39 Å². The first kappa shape index (κ1) is 13.7. The predicted octanol–water partition coefficient (Wildman–Crippen LogP) is 4.30. The van der Waals surface area contributed by atoms with Crippen LogP contribution in [0.1, 0.15) is 27.7 Å². The molecule has 21 heavy (non-hydrogen) atoms. The highest BCUT2D eigenvalue weighted by Crippen LogP contribution is 2.35. The molecule has 0 aliphatic carbocycles. The van der Waals surface area contributed by atoms with E-state index in [9.17, 15) is 4.79 Å². The number of nitrogens with zero attached hydrogens (tertiary/aromatic N) is 2. The minimum absolute atomic E-state index is 0.0373. The van der Waals surface area contributed by atoms with E-state index in [0.717, 1.165) is 15.8 Å². The van der Waals surface area contributed by atoms with Gasteiger partial charge in [-0.2, -0.15) is 0 Å². The van der Waals surface area contributed by atoms with Crippen LogP contribution in [0.3, 0.4) is 0 Å². The molecule has 5 heteroatoms. The summed E-state index contributed by atoms with van der Waals surface area (Å²) in [6.45, 7) is 5.65. The van der Waals surface area contributed by atoms with E-state index in [2.05, 4.69) is 16.9 Å². The van der Waals surface area contributed by atoms with Gasteiger partial charge in [-0.1, -0.05) is 0 Å². The van der Waals surface area contributed by atoms with E-state index in [0.29, 0.717) is 17.2 Å². The molecule has 0 amide bonds. The zero-order valence-corrected chi connectivity index (χ0v) is 12.8. The van der Waals surface area contributed by atoms with E-state index in [1.807, 2.05) is 6.92 Å². The van der Waals surface area contributed by atoms with Gasteiger partial charge in [-0.25, -0.2) is 9.97 Å². The Labute approximate surface area is 126 Å². The number of aromatic nitrogens is 2. The van der Waals surface area contributed by atoms with E-state index in [-0.39, 0.29) is 5.78 Å². The summed E-state index contributed by atoms with van der Waals surface area (Å²) in [6.07, 6.45) is 1.51. The van der Waals surface area contributed by atoms with Crippen molar-refractivity contribution in [1.29, 1.82) is 0 Å². The van der Waals surface area contributed by atoms with E-state index in [4.69, 9.17) is 4.74 Å². The smallest absolute Gasteiger partial charge is 0.231 e. The lowest BCUT2D eigenvalue weighted by molar-refractivity contribution is 0.101. The van der Waals surface area contributed by atoms with Gasteiger partial charge in [-0.15, -0.1) is 11.3 Å². The fourth-order valence-corrected chi connectivity index (χ4v) is 3.08. The summed E-state index contributed by atoms with van der Waals surface area (Å²) in [5.41, 5.74) is 1.81. The number of carbonyl (C=O) groups is 1. The molecule has 0 unspecified atom stereocenters. The number of thiophene rings is 1. The van der Waals surface area contributed by atoms with Crippen molar-refractivity contribution in [3.8, 4) is 11.6 Å². The Bertz CT molecular complexity index is 822. The molecule has 106 valence electrons. The average Bonchev–Trinajstić information content (AvgIpc) is 2.76. The number of ether oxygens (including phenoxy) is 1. The molecule has 4 nitrogen and oxygen atoms in total. The van der Waals surface area contributed by atoms with Gasteiger partial charge in [0.1, 0.15) is 16.9 Å². The number of ketones is 1. The van der Waals surface area contributed by atoms with Crippen LogP contribution in [-0.2, 0) is 0 Å². The average molecular weight is 298 g/mol. The highest BCUT2D eigenvalue weighted by Gasteiger charge is 2.13. The fraction of sp³-hybridized carbons (Fsp3) is 0.188. The summed E-state index contributed by atoms with van der Waals surface area (Å²) in [6, 6.07) is 7.06. The number of fused-ring (bicyclic) bond motifs is 1. The van der Waals surface area contributed by atoms with Crippen LogP contribution in [0, 0.1) is 13.8 Å². The lowest BCUT2D eigenvalue weighted by Crippen LogP contribution is -1.93. The molecule has 0 aliphatic rings. The van der Waals surface area contributed by atoms with E-state index >= 15 is 0 Å². The third-order valence-electron chi connectivity index (χ3n) is 3.41. The number of carbonyl (C=O) groups excluding carboxylic acids is 1.